The molecule has 1 saturated heterocycles. The number of hydrogen-bond acceptors (Lipinski definition) is 7. The summed E-state index contributed by atoms with van der Waals surface area (Å²) >= 11 is 0. The van der Waals surface area contributed by atoms with Crippen molar-refractivity contribution in [1.82, 2.24) is 4.90 Å². The molecule has 0 saturated carbocycles. The number of halogens is 1. The molecule has 32 heavy (non-hydrogen) atoms. The molecule has 0 unspecified atom stereocenters. The van der Waals surface area contributed by atoms with Crippen molar-refractivity contribution in [2.24, 2.45) is 0 Å². The first-order chi connectivity index (χ1) is 15.4. The fourth-order valence-electron chi connectivity index (χ4n) is 4.11. The van der Waals surface area contributed by atoms with E-state index in [4.69, 9.17) is 4.42 Å². The van der Waals surface area contributed by atoms with E-state index in [1.165, 1.54) is 19.2 Å². The van der Waals surface area contributed by atoms with Gasteiger partial charge in [-0.25, -0.2) is 9.18 Å². The number of fused-ring (bicyclic) bond motifs is 1. The molecule has 8 heteroatoms. The van der Waals surface area contributed by atoms with Crippen molar-refractivity contribution < 1.29 is 23.4 Å². The number of anilines is 1. The normalized spacial score (nSPS) is 14.7. The van der Waals surface area contributed by atoms with Crippen LogP contribution in [0.4, 0.5) is 10.1 Å². The van der Waals surface area contributed by atoms with E-state index in [0.717, 1.165) is 31.9 Å². The third-order valence-electron chi connectivity index (χ3n) is 6.03. The van der Waals surface area contributed by atoms with Crippen molar-refractivity contribution in [2.75, 3.05) is 38.2 Å². The summed E-state index contributed by atoms with van der Waals surface area (Å²) in [6.07, 6.45) is -0.165. The van der Waals surface area contributed by atoms with Gasteiger partial charge in [0.15, 0.2) is 0 Å². The Morgan fingerprint density at radius 1 is 1.09 bits per heavy atom. The smallest absolute Gasteiger partial charge is 0.340 e. The number of piperazine rings is 1. The van der Waals surface area contributed by atoms with Crippen molar-refractivity contribution in [2.45, 2.75) is 19.9 Å². The van der Waals surface area contributed by atoms with Crippen LogP contribution >= 0.6 is 0 Å². The Bertz CT molecular complexity index is 1200. The molecule has 0 amide bonds. The highest BCUT2D eigenvalue weighted by Gasteiger charge is 2.22. The van der Waals surface area contributed by atoms with Gasteiger partial charge >= 0.3 is 11.6 Å². The van der Waals surface area contributed by atoms with Gasteiger partial charge in [0.05, 0.1) is 24.7 Å². The zero-order chi connectivity index (χ0) is 22.8. The summed E-state index contributed by atoms with van der Waals surface area (Å²) in [7, 11) is 1.27. The topological polar surface area (TPSA) is 83.2 Å². The second kappa shape index (κ2) is 9.00. The Kier molecular flexibility index (Phi) is 6.14. The maximum Gasteiger partial charge on any atom is 0.340 e. The van der Waals surface area contributed by atoms with E-state index in [9.17, 15) is 19.1 Å². The van der Waals surface area contributed by atoms with Crippen molar-refractivity contribution in [3.8, 4) is 5.75 Å². The van der Waals surface area contributed by atoms with Crippen LogP contribution in [0, 0.1) is 12.7 Å². The van der Waals surface area contributed by atoms with Gasteiger partial charge in [-0.2, -0.15) is 0 Å². The molecule has 1 aliphatic heterocycles. The predicted molar refractivity (Wildman–Crippen MR) is 118 cm³/mol. The van der Waals surface area contributed by atoms with Crippen LogP contribution in [0.3, 0.4) is 0 Å². The van der Waals surface area contributed by atoms with Crippen LogP contribution in [0.15, 0.2) is 45.6 Å². The van der Waals surface area contributed by atoms with E-state index in [1.807, 2.05) is 0 Å². The van der Waals surface area contributed by atoms with E-state index < -0.39 is 11.6 Å². The van der Waals surface area contributed by atoms with Crippen LogP contribution in [-0.4, -0.2) is 49.3 Å². The van der Waals surface area contributed by atoms with Crippen molar-refractivity contribution >= 4 is 22.6 Å². The molecular formula is C24H25FN2O5. The number of phenols is 1. The molecule has 2 heterocycles. The molecule has 2 aromatic carbocycles. The third kappa shape index (κ3) is 4.31. The number of hydrogen-bond donors (Lipinski definition) is 1. The molecule has 3 aromatic rings. The molecule has 168 valence electrons. The largest absolute Gasteiger partial charge is 0.507 e. The lowest BCUT2D eigenvalue weighted by Gasteiger charge is -2.36. The molecule has 0 spiro atoms. The van der Waals surface area contributed by atoms with Gasteiger partial charge in [-0.1, -0.05) is 0 Å². The molecule has 0 atom stereocenters. The Hall–Kier alpha value is -3.39. The molecule has 0 aliphatic carbocycles. The van der Waals surface area contributed by atoms with Gasteiger partial charge in [0.1, 0.15) is 17.1 Å². The van der Waals surface area contributed by atoms with Crippen LogP contribution < -0.4 is 10.5 Å². The molecule has 1 N–H and O–H groups in total. The van der Waals surface area contributed by atoms with Crippen molar-refractivity contribution in [1.29, 1.82) is 0 Å². The zero-order valence-electron chi connectivity index (χ0n) is 18.1. The minimum atomic E-state index is -0.603. The molecule has 1 aromatic heterocycles. The fourth-order valence-corrected chi connectivity index (χ4v) is 4.11. The number of ether oxygens (including phenoxy) is 1. The summed E-state index contributed by atoms with van der Waals surface area (Å²) < 4.78 is 23.4. The standard InChI is InChI=1S/C24H25FN2O5/c1-15-18-7-8-21(28)20(23(18)32-24(30)19(15)13-22(29)31-2)14-26-9-11-27(12-10-26)17-5-3-16(25)4-6-17/h3-8,28H,9-14H2,1-2H3. The SMILES string of the molecule is COC(=O)Cc1c(C)c2ccc(O)c(CN3CCN(c4ccc(F)cc4)CC3)c2oc1=O. The summed E-state index contributed by atoms with van der Waals surface area (Å²) in [5.74, 6) is -0.718. The van der Waals surface area contributed by atoms with Crippen molar-refractivity contribution in [3.05, 3.63) is 69.3 Å². The van der Waals surface area contributed by atoms with Crippen LogP contribution in [0.5, 0.6) is 5.75 Å². The summed E-state index contributed by atoms with van der Waals surface area (Å²) in [5.41, 5.74) is 2.15. The Morgan fingerprint density at radius 3 is 2.44 bits per heavy atom. The lowest BCUT2D eigenvalue weighted by Crippen LogP contribution is -2.46. The van der Waals surface area contributed by atoms with Gasteiger partial charge in [-0.15, -0.1) is 0 Å². The first kappa shape index (κ1) is 21.8. The van der Waals surface area contributed by atoms with E-state index in [0.29, 0.717) is 28.6 Å². The number of benzene rings is 2. The zero-order valence-corrected chi connectivity index (χ0v) is 18.1. The van der Waals surface area contributed by atoms with Crippen LogP contribution in [0.25, 0.3) is 11.0 Å². The van der Waals surface area contributed by atoms with E-state index in [2.05, 4.69) is 14.5 Å². The second-order valence-corrected chi connectivity index (χ2v) is 7.93. The number of aromatic hydroxyl groups is 1. The Labute approximate surface area is 184 Å². The van der Waals surface area contributed by atoms with Gasteiger partial charge in [-0.05, 0) is 48.9 Å². The number of carbonyl (C=O) groups excluding carboxylic acids is 1. The van der Waals surface area contributed by atoms with Gasteiger partial charge < -0.3 is 19.2 Å². The number of nitrogens with zero attached hydrogens (tertiary/aromatic N) is 2. The first-order valence-electron chi connectivity index (χ1n) is 10.4. The Morgan fingerprint density at radius 2 is 1.78 bits per heavy atom. The van der Waals surface area contributed by atoms with E-state index in [1.54, 1.807) is 31.2 Å². The number of methoxy groups -OCH3 is 1. The minimum Gasteiger partial charge on any atom is -0.507 e. The summed E-state index contributed by atoms with van der Waals surface area (Å²) in [6.45, 7) is 5.15. The molecule has 4 rings (SSSR count). The second-order valence-electron chi connectivity index (χ2n) is 7.93. The maximum atomic E-state index is 13.2. The van der Waals surface area contributed by atoms with Crippen LogP contribution in [0.2, 0.25) is 0 Å². The lowest BCUT2D eigenvalue weighted by atomic mass is 10.0. The highest BCUT2D eigenvalue weighted by molar-refractivity contribution is 5.87. The molecule has 0 bridgehead atoms. The summed E-state index contributed by atoms with van der Waals surface area (Å²) in [5, 5.41) is 11.2. The number of carbonyl (C=O) groups is 1. The molecular weight excluding hydrogens is 415 g/mol. The van der Waals surface area contributed by atoms with E-state index in [-0.39, 0.29) is 23.6 Å². The lowest BCUT2D eigenvalue weighted by molar-refractivity contribution is -0.139. The quantitative estimate of drug-likeness (QED) is 0.482. The third-order valence-corrected chi connectivity index (χ3v) is 6.03. The molecule has 7 nitrogen and oxygen atoms in total. The fraction of sp³-hybridized carbons (Fsp3) is 0.333. The van der Waals surface area contributed by atoms with Gasteiger partial charge in [0.25, 0.3) is 0 Å². The van der Waals surface area contributed by atoms with Crippen molar-refractivity contribution in [3.63, 3.8) is 0 Å². The average Bonchev–Trinajstić information content (AvgIpc) is 2.79. The molecule has 1 fully saturated rings. The van der Waals surface area contributed by atoms with Crippen LogP contribution in [-0.2, 0) is 22.5 Å². The summed E-state index contributed by atoms with van der Waals surface area (Å²) in [4.78, 5) is 28.6. The highest BCUT2D eigenvalue weighted by Crippen LogP contribution is 2.31. The monoisotopic (exact) mass is 440 g/mol. The number of esters is 1. The predicted octanol–water partition coefficient (Wildman–Crippen LogP) is 2.98. The van der Waals surface area contributed by atoms with Gasteiger partial charge in [0.2, 0.25) is 0 Å². The van der Waals surface area contributed by atoms with E-state index >= 15 is 0 Å². The minimum absolute atomic E-state index is 0.0572. The molecule has 1 aliphatic rings. The average molecular weight is 440 g/mol. The number of phenolic OH excluding ortho intramolecular Hbond substituents is 1. The number of rotatable bonds is 5. The van der Waals surface area contributed by atoms with Crippen LogP contribution in [0.1, 0.15) is 16.7 Å². The Balaban J connectivity index is 1.57. The maximum absolute atomic E-state index is 13.2. The highest BCUT2D eigenvalue weighted by atomic mass is 19.1. The van der Waals surface area contributed by atoms with Gasteiger partial charge in [0, 0.05) is 43.8 Å². The molecule has 0 radical (unpaired) electrons. The van der Waals surface area contributed by atoms with Gasteiger partial charge in [-0.3, -0.25) is 9.69 Å². The first-order valence-corrected chi connectivity index (χ1v) is 10.4. The summed E-state index contributed by atoms with van der Waals surface area (Å²) in [6, 6.07) is 9.72. The number of aryl methyl sites for hydroxylation is 1.